The molecule has 0 aliphatic rings. The van der Waals surface area contributed by atoms with Crippen LogP contribution in [0.5, 0.6) is 5.75 Å². The molecule has 0 amide bonds. The Balaban J connectivity index is 1.83. The van der Waals surface area contributed by atoms with E-state index in [-0.39, 0.29) is 0 Å². The number of fused-ring (bicyclic) bond motifs is 1. The van der Waals surface area contributed by atoms with Gasteiger partial charge in [0.25, 0.3) is 0 Å². The largest absolute Gasteiger partial charge is 0.505 e. The summed E-state index contributed by atoms with van der Waals surface area (Å²) in [7, 11) is -1.38. The van der Waals surface area contributed by atoms with Gasteiger partial charge in [0.1, 0.15) is 22.5 Å². The smallest absolute Gasteiger partial charge is 0.146 e. The van der Waals surface area contributed by atoms with E-state index in [4.69, 9.17) is 0 Å². The minimum atomic E-state index is -1.38. The first-order valence-corrected chi connectivity index (χ1v) is 15.6. The number of rotatable bonds is 11. The van der Waals surface area contributed by atoms with E-state index in [1.54, 1.807) is 4.80 Å². The van der Waals surface area contributed by atoms with Crippen LogP contribution in [-0.2, 0) is 6.42 Å². The molecule has 0 saturated carbocycles. The van der Waals surface area contributed by atoms with Crippen LogP contribution in [0.2, 0.25) is 24.2 Å². The summed E-state index contributed by atoms with van der Waals surface area (Å²) in [4.78, 5) is 1.59. The van der Waals surface area contributed by atoms with Gasteiger partial charge in [-0.1, -0.05) is 90.3 Å². The third-order valence-electron chi connectivity index (χ3n) is 6.49. The number of aromatic hydroxyl groups is 1. The standard InChI is InChI=1S/C28H43N3OSi/c1-20(2)17-33(18-21(3)4,19-22(5)6)14-10-11-24-15-23(7)16-27(28(24)32)31-29-25-12-8-9-13-26(25)30-31/h8-9,12-13,15-16,20-22,32H,10-11,14,17-19H2,1-7H3. The molecule has 1 aromatic heterocycles. The topological polar surface area (TPSA) is 50.9 Å². The molecule has 0 aliphatic carbocycles. The van der Waals surface area contributed by atoms with Crippen LogP contribution in [-0.4, -0.2) is 28.2 Å². The van der Waals surface area contributed by atoms with E-state index < -0.39 is 8.07 Å². The molecule has 3 rings (SSSR count). The van der Waals surface area contributed by atoms with Gasteiger partial charge < -0.3 is 5.11 Å². The van der Waals surface area contributed by atoms with Crippen LogP contribution in [0, 0.1) is 24.7 Å². The summed E-state index contributed by atoms with van der Waals surface area (Å²) in [6, 6.07) is 17.5. The summed E-state index contributed by atoms with van der Waals surface area (Å²) in [5.74, 6) is 2.60. The fourth-order valence-corrected chi connectivity index (χ4v) is 13.2. The number of aryl methyl sites for hydroxylation is 2. The van der Waals surface area contributed by atoms with Crippen molar-refractivity contribution in [2.75, 3.05) is 0 Å². The van der Waals surface area contributed by atoms with Crippen LogP contribution in [0.1, 0.15) is 59.1 Å². The van der Waals surface area contributed by atoms with Gasteiger partial charge in [0.15, 0.2) is 0 Å². The molecule has 1 N–H and O–H groups in total. The molecule has 1 heterocycles. The lowest BCUT2D eigenvalue weighted by Crippen LogP contribution is -2.38. The minimum absolute atomic E-state index is 0.324. The van der Waals surface area contributed by atoms with E-state index >= 15 is 0 Å². The highest BCUT2D eigenvalue weighted by molar-refractivity contribution is 6.80. The zero-order chi connectivity index (χ0) is 24.2. The van der Waals surface area contributed by atoms with Crippen LogP contribution in [0.15, 0.2) is 36.4 Å². The van der Waals surface area contributed by atoms with E-state index in [2.05, 4.69) is 64.7 Å². The second kappa shape index (κ2) is 10.9. The third kappa shape index (κ3) is 6.69. The van der Waals surface area contributed by atoms with Gasteiger partial charge in [0.2, 0.25) is 0 Å². The lowest BCUT2D eigenvalue weighted by atomic mass is 10.0. The molecular formula is C28H43N3OSi. The fraction of sp³-hybridized carbons (Fsp3) is 0.571. The first-order valence-electron chi connectivity index (χ1n) is 12.7. The van der Waals surface area contributed by atoms with Crippen molar-refractivity contribution in [3.63, 3.8) is 0 Å². The number of phenols is 1. The quantitative estimate of drug-likeness (QED) is 0.294. The van der Waals surface area contributed by atoms with E-state index in [0.717, 1.165) is 52.8 Å². The lowest BCUT2D eigenvalue weighted by Gasteiger charge is -2.37. The number of nitrogens with zero attached hydrogens (tertiary/aromatic N) is 3. The number of phenolic OH excluding ortho intramolecular Hbond substituents is 1. The van der Waals surface area contributed by atoms with E-state index in [1.165, 1.54) is 24.2 Å². The van der Waals surface area contributed by atoms with Crippen LogP contribution in [0.4, 0.5) is 0 Å². The molecule has 0 aliphatic heterocycles. The van der Waals surface area contributed by atoms with Crippen LogP contribution in [0.25, 0.3) is 16.7 Å². The molecule has 0 saturated heterocycles. The fourth-order valence-electron chi connectivity index (χ4n) is 5.95. The highest BCUT2D eigenvalue weighted by Crippen LogP contribution is 2.37. The SMILES string of the molecule is Cc1cc(CCC[Si](CC(C)C)(CC(C)C)CC(C)C)c(O)c(-n2nc3ccccc3n2)c1. The van der Waals surface area contributed by atoms with Crippen molar-refractivity contribution in [3.05, 3.63) is 47.5 Å². The van der Waals surface area contributed by atoms with Crippen LogP contribution < -0.4 is 0 Å². The predicted octanol–water partition coefficient (Wildman–Crippen LogP) is 7.78. The van der Waals surface area contributed by atoms with Gasteiger partial charge in [0, 0.05) is 0 Å². The maximum absolute atomic E-state index is 11.2. The van der Waals surface area contributed by atoms with E-state index in [0.29, 0.717) is 11.4 Å². The zero-order valence-corrected chi connectivity index (χ0v) is 22.7. The molecule has 0 bridgehead atoms. The van der Waals surface area contributed by atoms with Crippen molar-refractivity contribution in [2.24, 2.45) is 17.8 Å². The van der Waals surface area contributed by atoms with Gasteiger partial charge >= 0.3 is 0 Å². The van der Waals surface area contributed by atoms with Gasteiger partial charge in [-0.05, 0) is 60.4 Å². The Bertz CT molecular complexity index is 995. The molecule has 0 unspecified atom stereocenters. The Labute approximate surface area is 201 Å². The van der Waals surface area contributed by atoms with Gasteiger partial charge in [-0.3, -0.25) is 0 Å². The molecule has 2 aromatic carbocycles. The molecular weight excluding hydrogens is 422 g/mol. The first kappa shape index (κ1) is 25.5. The Morgan fingerprint density at radius 3 is 1.85 bits per heavy atom. The predicted molar refractivity (Wildman–Crippen MR) is 143 cm³/mol. The molecule has 0 fully saturated rings. The first-order chi connectivity index (χ1) is 15.6. The molecule has 0 atom stereocenters. The molecule has 0 spiro atoms. The number of hydrogen-bond acceptors (Lipinski definition) is 3. The Morgan fingerprint density at radius 1 is 0.848 bits per heavy atom. The van der Waals surface area contributed by atoms with Crippen molar-refractivity contribution in [2.45, 2.75) is 85.5 Å². The molecule has 4 nitrogen and oxygen atoms in total. The molecule has 180 valence electrons. The normalized spacial score (nSPS) is 12.5. The van der Waals surface area contributed by atoms with Crippen LogP contribution in [0.3, 0.4) is 0 Å². The number of benzene rings is 2. The molecule has 3 aromatic rings. The number of aromatic nitrogens is 3. The maximum Gasteiger partial charge on any atom is 0.146 e. The third-order valence-corrected chi connectivity index (χ3v) is 13.0. The van der Waals surface area contributed by atoms with Crippen molar-refractivity contribution in [1.82, 2.24) is 15.0 Å². The summed E-state index contributed by atoms with van der Waals surface area (Å²) in [6.45, 7) is 16.4. The summed E-state index contributed by atoms with van der Waals surface area (Å²) < 4.78 is 0. The second-order valence-corrected chi connectivity index (χ2v) is 16.1. The minimum Gasteiger partial charge on any atom is -0.505 e. The van der Waals surface area contributed by atoms with E-state index in [1.807, 2.05) is 30.3 Å². The summed E-state index contributed by atoms with van der Waals surface area (Å²) in [5, 5.41) is 20.4. The van der Waals surface area contributed by atoms with Gasteiger partial charge in [-0.15, -0.1) is 15.0 Å². The zero-order valence-electron chi connectivity index (χ0n) is 21.7. The molecule has 5 heteroatoms. The van der Waals surface area contributed by atoms with E-state index in [9.17, 15) is 5.11 Å². The second-order valence-electron chi connectivity index (χ2n) is 11.4. The van der Waals surface area contributed by atoms with Crippen molar-refractivity contribution in [1.29, 1.82) is 0 Å². The Hall–Kier alpha value is -2.14. The summed E-state index contributed by atoms with van der Waals surface area (Å²) >= 11 is 0. The average Bonchev–Trinajstić information content (AvgIpc) is 3.12. The van der Waals surface area contributed by atoms with Gasteiger partial charge in [-0.25, -0.2) is 0 Å². The average molecular weight is 466 g/mol. The maximum atomic E-state index is 11.2. The summed E-state index contributed by atoms with van der Waals surface area (Å²) in [6.07, 6.45) is 2.05. The number of hydrogen-bond donors (Lipinski definition) is 1. The molecule has 33 heavy (non-hydrogen) atoms. The monoisotopic (exact) mass is 465 g/mol. The highest BCUT2D eigenvalue weighted by Gasteiger charge is 2.34. The summed E-state index contributed by atoms with van der Waals surface area (Å²) in [5.41, 5.74) is 4.51. The Morgan fingerprint density at radius 2 is 1.36 bits per heavy atom. The van der Waals surface area contributed by atoms with Gasteiger partial charge in [-0.2, -0.15) is 0 Å². The van der Waals surface area contributed by atoms with Crippen LogP contribution >= 0.6 is 0 Å². The lowest BCUT2D eigenvalue weighted by molar-refractivity contribution is 0.460. The Kier molecular flexibility index (Phi) is 8.38. The van der Waals surface area contributed by atoms with Crippen molar-refractivity contribution >= 4 is 19.1 Å². The van der Waals surface area contributed by atoms with Gasteiger partial charge in [0.05, 0.1) is 8.07 Å². The van der Waals surface area contributed by atoms with Crippen molar-refractivity contribution in [3.8, 4) is 11.4 Å². The highest BCUT2D eigenvalue weighted by atomic mass is 28.3. The van der Waals surface area contributed by atoms with Crippen molar-refractivity contribution < 1.29 is 5.11 Å². The molecule has 0 radical (unpaired) electrons.